The molecule has 0 unspecified atom stereocenters. The van der Waals surface area contributed by atoms with E-state index < -0.39 is 18.4 Å². The highest BCUT2D eigenvalue weighted by molar-refractivity contribution is 8.00. The van der Waals surface area contributed by atoms with Gasteiger partial charge >= 0.3 is 5.97 Å². The Balaban J connectivity index is 1.99. The molecular weight excluding hydrogens is 430 g/mol. The largest absolute Gasteiger partial charge is 0.480 e. The molecule has 9 heteroatoms. The lowest BCUT2D eigenvalue weighted by atomic mass is 10.0. The normalized spacial score (nSPS) is 10.3. The molecular formula is C20H14ClN3O3S2. The van der Waals surface area contributed by atoms with Crippen molar-refractivity contribution in [1.82, 2.24) is 10.3 Å². The van der Waals surface area contributed by atoms with E-state index in [2.05, 4.69) is 16.4 Å². The summed E-state index contributed by atoms with van der Waals surface area (Å²) in [5.74, 6) is -1.62. The third-order valence-corrected chi connectivity index (χ3v) is 5.92. The van der Waals surface area contributed by atoms with Crippen molar-refractivity contribution < 1.29 is 14.7 Å². The van der Waals surface area contributed by atoms with Crippen LogP contribution in [0.4, 0.5) is 0 Å². The van der Waals surface area contributed by atoms with E-state index in [0.717, 1.165) is 22.2 Å². The highest BCUT2D eigenvalue weighted by Crippen LogP contribution is 2.35. The SMILES string of the molecule is N#Cc1c(-c2ccc(Cl)cc2)cc(-c2cccs2)nc1SCC(=O)NCC(=O)O. The number of hydrogen-bond acceptors (Lipinski definition) is 6. The molecule has 0 aliphatic rings. The molecule has 6 nitrogen and oxygen atoms in total. The van der Waals surface area contributed by atoms with E-state index >= 15 is 0 Å². The number of hydrogen-bond donors (Lipinski definition) is 2. The standard InChI is InChI=1S/C20H14ClN3O3S2/c21-13-5-3-12(4-6-13)14-8-16(17-2-1-7-28-17)24-20(15(14)9-22)29-11-18(25)23-10-19(26)27/h1-8H,10-11H2,(H,23,25)(H,26,27). The van der Waals surface area contributed by atoms with Gasteiger partial charge in [0.15, 0.2) is 0 Å². The number of halogens is 1. The average Bonchev–Trinajstić information content (AvgIpc) is 3.25. The van der Waals surface area contributed by atoms with Gasteiger partial charge in [0, 0.05) is 10.6 Å². The number of nitriles is 1. The van der Waals surface area contributed by atoms with E-state index in [0.29, 0.717) is 26.9 Å². The molecule has 0 atom stereocenters. The van der Waals surface area contributed by atoms with Crippen molar-refractivity contribution in [3.8, 4) is 27.8 Å². The van der Waals surface area contributed by atoms with Gasteiger partial charge in [0.05, 0.1) is 21.9 Å². The van der Waals surface area contributed by atoms with E-state index in [9.17, 15) is 14.9 Å². The summed E-state index contributed by atoms with van der Waals surface area (Å²) in [7, 11) is 0. The number of aromatic nitrogens is 1. The van der Waals surface area contributed by atoms with Gasteiger partial charge in [-0.05, 0) is 35.2 Å². The van der Waals surface area contributed by atoms with E-state index in [1.54, 1.807) is 12.1 Å². The number of rotatable bonds is 7. The van der Waals surface area contributed by atoms with E-state index in [-0.39, 0.29) is 5.75 Å². The van der Waals surface area contributed by atoms with Crippen molar-refractivity contribution in [1.29, 1.82) is 5.26 Å². The third kappa shape index (κ3) is 5.35. The molecule has 0 fully saturated rings. The van der Waals surface area contributed by atoms with Crippen LogP contribution in [0.2, 0.25) is 5.02 Å². The van der Waals surface area contributed by atoms with Crippen molar-refractivity contribution in [2.75, 3.05) is 12.3 Å². The molecule has 0 spiro atoms. The molecule has 1 amide bonds. The number of amides is 1. The Morgan fingerprint density at radius 1 is 1.28 bits per heavy atom. The molecule has 2 heterocycles. The smallest absolute Gasteiger partial charge is 0.322 e. The summed E-state index contributed by atoms with van der Waals surface area (Å²) in [4.78, 5) is 28.0. The maximum Gasteiger partial charge on any atom is 0.322 e. The lowest BCUT2D eigenvalue weighted by Crippen LogP contribution is -2.30. The number of pyridine rings is 1. The van der Waals surface area contributed by atoms with Crippen LogP contribution in [0.15, 0.2) is 52.9 Å². The van der Waals surface area contributed by atoms with Gasteiger partial charge in [0.1, 0.15) is 17.6 Å². The highest BCUT2D eigenvalue weighted by Gasteiger charge is 2.17. The number of carboxylic acids is 1. The number of nitrogens with zero attached hydrogens (tertiary/aromatic N) is 2. The number of nitrogens with one attached hydrogen (secondary N) is 1. The Bertz CT molecular complexity index is 1080. The molecule has 146 valence electrons. The van der Waals surface area contributed by atoms with Gasteiger partial charge in [-0.1, -0.05) is 41.6 Å². The van der Waals surface area contributed by atoms with Crippen LogP contribution < -0.4 is 5.32 Å². The fraction of sp³-hybridized carbons (Fsp3) is 0.100. The first-order valence-electron chi connectivity index (χ1n) is 8.34. The van der Waals surface area contributed by atoms with Gasteiger partial charge in [-0.15, -0.1) is 11.3 Å². The molecule has 2 aromatic heterocycles. The van der Waals surface area contributed by atoms with Crippen molar-refractivity contribution >= 4 is 46.6 Å². The molecule has 0 radical (unpaired) electrons. The van der Waals surface area contributed by atoms with Crippen LogP contribution >= 0.6 is 34.7 Å². The van der Waals surface area contributed by atoms with Gasteiger partial charge in [-0.25, -0.2) is 4.98 Å². The van der Waals surface area contributed by atoms with Gasteiger partial charge in [-0.2, -0.15) is 5.26 Å². The lowest BCUT2D eigenvalue weighted by Gasteiger charge is -2.12. The minimum Gasteiger partial charge on any atom is -0.480 e. The number of thiophene rings is 1. The van der Waals surface area contributed by atoms with E-state index in [4.69, 9.17) is 16.7 Å². The second-order valence-corrected chi connectivity index (χ2v) is 8.14. The number of carboxylic acid groups (broad SMARTS) is 1. The van der Waals surface area contributed by atoms with Crippen molar-refractivity contribution in [3.63, 3.8) is 0 Å². The first kappa shape index (κ1) is 20.9. The van der Waals surface area contributed by atoms with Crippen molar-refractivity contribution in [2.24, 2.45) is 0 Å². The van der Waals surface area contributed by atoms with Crippen LogP contribution in [0.3, 0.4) is 0 Å². The quantitative estimate of drug-likeness (QED) is 0.528. The Kier molecular flexibility index (Phi) is 6.88. The van der Waals surface area contributed by atoms with Crippen LogP contribution in [0.5, 0.6) is 0 Å². The fourth-order valence-corrected chi connectivity index (χ4v) is 4.15. The molecule has 0 saturated heterocycles. The molecule has 3 rings (SSSR count). The molecule has 0 bridgehead atoms. The van der Waals surface area contributed by atoms with Gasteiger partial charge < -0.3 is 10.4 Å². The Hall–Kier alpha value is -2.86. The number of aliphatic carboxylic acids is 1. The monoisotopic (exact) mass is 443 g/mol. The zero-order chi connectivity index (χ0) is 20.8. The minimum absolute atomic E-state index is 0.0527. The Morgan fingerprint density at radius 3 is 2.66 bits per heavy atom. The first-order chi connectivity index (χ1) is 14.0. The zero-order valence-electron chi connectivity index (χ0n) is 14.9. The molecule has 3 aromatic rings. The average molecular weight is 444 g/mol. The maximum absolute atomic E-state index is 11.9. The maximum atomic E-state index is 11.9. The van der Waals surface area contributed by atoms with Gasteiger partial charge in [0.2, 0.25) is 5.91 Å². The molecule has 0 aliphatic carbocycles. The summed E-state index contributed by atoms with van der Waals surface area (Å²) in [6.07, 6.45) is 0. The third-order valence-electron chi connectivity index (χ3n) is 3.80. The molecule has 0 aliphatic heterocycles. The van der Waals surface area contributed by atoms with Crippen molar-refractivity contribution in [2.45, 2.75) is 5.03 Å². The molecule has 2 N–H and O–H groups in total. The summed E-state index contributed by atoms with van der Waals surface area (Å²) in [5, 5.41) is 23.7. The Morgan fingerprint density at radius 2 is 2.03 bits per heavy atom. The second kappa shape index (κ2) is 9.56. The topological polar surface area (TPSA) is 103 Å². The van der Waals surface area contributed by atoms with Crippen LogP contribution in [-0.2, 0) is 9.59 Å². The van der Waals surface area contributed by atoms with Crippen LogP contribution in [-0.4, -0.2) is 34.3 Å². The van der Waals surface area contributed by atoms with E-state index in [1.807, 2.05) is 35.7 Å². The second-order valence-electron chi connectivity index (χ2n) is 5.79. The van der Waals surface area contributed by atoms with Gasteiger partial charge in [-0.3, -0.25) is 9.59 Å². The van der Waals surface area contributed by atoms with Crippen molar-refractivity contribution in [3.05, 3.63) is 58.4 Å². The highest BCUT2D eigenvalue weighted by atomic mass is 35.5. The predicted molar refractivity (Wildman–Crippen MR) is 114 cm³/mol. The van der Waals surface area contributed by atoms with Crippen LogP contribution in [0.25, 0.3) is 21.7 Å². The summed E-state index contributed by atoms with van der Waals surface area (Å²) in [6, 6.07) is 15.0. The minimum atomic E-state index is -1.12. The number of carbonyl (C=O) groups excluding carboxylic acids is 1. The molecule has 1 aromatic carbocycles. The fourth-order valence-electron chi connectivity index (χ4n) is 2.50. The number of carbonyl (C=O) groups is 2. The lowest BCUT2D eigenvalue weighted by molar-refractivity contribution is -0.137. The van der Waals surface area contributed by atoms with Gasteiger partial charge in [0.25, 0.3) is 0 Å². The van der Waals surface area contributed by atoms with Crippen LogP contribution in [0.1, 0.15) is 5.56 Å². The predicted octanol–water partition coefficient (Wildman–Crippen LogP) is 4.30. The zero-order valence-corrected chi connectivity index (χ0v) is 17.3. The van der Waals surface area contributed by atoms with Crippen LogP contribution in [0, 0.1) is 11.3 Å². The number of thioether (sulfide) groups is 1. The molecule has 0 saturated carbocycles. The number of benzene rings is 1. The first-order valence-corrected chi connectivity index (χ1v) is 10.6. The summed E-state index contributed by atoms with van der Waals surface area (Å²) in [5.41, 5.74) is 2.54. The van der Waals surface area contributed by atoms with E-state index in [1.165, 1.54) is 11.3 Å². The summed E-state index contributed by atoms with van der Waals surface area (Å²) in [6.45, 7) is -0.455. The Labute approximate surface area is 180 Å². The summed E-state index contributed by atoms with van der Waals surface area (Å²) < 4.78 is 0. The summed E-state index contributed by atoms with van der Waals surface area (Å²) >= 11 is 8.60. The molecule has 29 heavy (non-hydrogen) atoms.